The molecule has 488 valence electrons. The third-order valence-corrected chi connectivity index (χ3v) is 17.7. The van der Waals surface area contributed by atoms with E-state index in [9.17, 15) is 14.7 Å². The summed E-state index contributed by atoms with van der Waals surface area (Å²) in [5.41, 5.74) is 20.6. The van der Waals surface area contributed by atoms with Crippen LogP contribution in [0.15, 0.2) is 132 Å². The number of likely N-dealkylation sites (tertiary alicyclic amines) is 2. The van der Waals surface area contributed by atoms with Gasteiger partial charge in [-0.2, -0.15) is 0 Å². The Bertz CT molecular complexity index is 3610. The lowest BCUT2D eigenvalue weighted by atomic mass is 9.87. The van der Waals surface area contributed by atoms with Gasteiger partial charge in [0, 0.05) is 59.8 Å². The molecule has 0 bridgehead atoms. The van der Waals surface area contributed by atoms with Crippen LogP contribution in [0.1, 0.15) is 138 Å². The molecule has 92 heavy (non-hydrogen) atoms. The van der Waals surface area contributed by atoms with Crippen molar-refractivity contribution in [1.29, 1.82) is 0 Å². The molecule has 0 radical (unpaired) electrons. The number of benzene rings is 5. The smallest absolute Gasteiger partial charge is 0.410 e. The summed E-state index contributed by atoms with van der Waals surface area (Å²) in [6.45, 7) is 15.3. The summed E-state index contributed by atoms with van der Waals surface area (Å²) in [4.78, 5) is 40.7. The molecular formula is C74H90N6O11S. The number of carbonyl (C=O) groups is 2. The molecule has 2 aliphatic heterocycles. The van der Waals surface area contributed by atoms with Gasteiger partial charge in [-0.15, -0.1) is 11.8 Å². The van der Waals surface area contributed by atoms with Crippen molar-refractivity contribution in [2.45, 2.75) is 146 Å². The van der Waals surface area contributed by atoms with Crippen LogP contribution in [0, 0.1) is 11.8 Å². The zero-order chi connectivity index (χ0) is 64.9. The van der Waals surface area contributed by atoms with Crippen LogP contribution >= 0.6 is 11.8 Å². The number of carbonyl (C=O) groups excluding carboxylic acids is 2. The maximum absolute atomic E-state index is 13.2. The Morgan fingerprint density at radius 3 is 1.36 bits per heavy atom. The first-order valence-corrected chi connectivity index (χ1v) is 33.2. The van der Waals surface area contributed by atoms with Gasteiger partial charge in [-0.1, -0.05) is 54.6 Å². The van der Waals surface area contributed by atoms with Gasteiger partial charge in [0.05, 0.1) is 56.6 Å². The summed E-state index contributed by atoms with van der Waals surface area (Å²) < 4.78 is 47.7. The number of aliphatic hydroxyl groups excluding tert-OH is 1. The molecule has 2 atom stereocenters. The van der Waals surface area contributed by atoms with E-state index in [1.807, 2.05) is 156 Å². The van der Waals surface area contributed by atoms with Crippen molar-refractivity contribution in [2.75, 3.05) is 65.1 Å². The number of nitrogens with two attached hydrogens (primary N) is 2. The first kappa shape index (κ1) is 66.6. The zero-order valence-electron chi connectivity index (χ0n) is 54.5. The van der Waals surface area contributed by atoms with Crippen LogP contribution in [0.4, 0.5) is 21.2 Å². The first-order chi connectivity index (χ1) is 44.3. The van der Waals surface area contributed by atoms with E-state index in [-0.39, 0.29) is 36.4 Å². The minimum Gasteiger partial charge on any atom is -0.497 e. The molecule has 7 aromatic rings. The van der Waals surface area contributed by atoms with Crippen molar-refractivity contribution in [3.8, 4) is 57.0 Å². The van der Waals surface area contributed by atoms with Crippen LogP contribution < -0.4 is 39.9 Å². The number of hydrogen-bond donors (Lipinski definition) is 3. The number of anilines is 2. The number of nitrogen functional groups attached to an aromatic ring is 2. The Morgan fingerprint density at radius 1 is 0.543 bits per heavy atom. The monoisotopic (exact) mass is 1270 g/mol. The number of aromatic nitrogens is 2. The molecule has 4 fully saturated rings. The number of hydrogen-bond acceptors (Lipinski definition) is 16. The fourth-order valence-electron chi connectivity index (χ4n) is 11.4. The van der Waals surface area contributed by atoms with Crippen molar-refractivity contribution >= 4 is 35.6 Å². The maximum atomic E-state index is 13.2. The van der Waals surface area contributed by atoms with Crippen LogP contribution in [-0.4, -0.2) is 102 Å². The fourth-order valence-corrected chi connectivity index (χ4v) is 12.4. The summed E-state index contributed by atoms with van der Waals surface area (Å²) in [6.07, 6.45) is 7.52. The van der Waals surface area contributed by atoms with Crippen LogP contribution in [0.3, 0.4) is 0 Å². The van der Waals surface area contributed by atoms with Gasteiger partial charge in [-0.25, -0.2) is 19.6 Å². The fraction of sp³-hybridized carbons (Fsp3) is 0.432. The molecule has 2 aromatic heterocycles. The van der Waals surface area contributed by atoms with Gasteiger partial charge in [0.25, 0.3) is 0 Å². The molecule has 18 heteroatoms. The van der Waals surface area contributed by atoms with Gasteiger partial charge in [0.15, 0.2) is 0 Å². The number of methoxy groups -OCH3 is 2. The topological polar surface area (TPSA) is 213 Å². The molecule has 2 saturated heterocycles. The summed E-state index contributed by atoms with van der Waals surface area (Å²) in [5.74, 6) is 6.80. The minimum absolute atomic E-state index is 0.0457. The normalized spacial score (nSPS) is 16.6. The summed E-state index contributed by atoms with van der Waals surface area (Å²) in [7, 11) is 3.30. The molecule has 5 aromatic carbocycles. The van der Waals surface area contributed by atoms with Gasteiger partial charge in [0.2, 0.25) is 0 Å². The molecule has 5 N–H and O–H groups in total. The van der Waals surface area contributed by atoms with E-state index >= 15 is 0 Å². The number of rotatable bonds is 22. The highest BCUT2D eigenvalue weighted by molar-refractivity contribution is 7.98. The Morgan fingerprint density at radius 2 is 0.957 bits per heavy atom. The number of amides is 2. The van der Waals surface area contributed by atoms with E-state index in [0.29, 0.717) is 116 Å². The molecule has 0 spiro atoms. The number of piperidine rings is 2. The summed E-state index contributed by atoms with van der Waals surface area (Å²) in [6, 6.07) is 41.7. The van der Waals surface area contributed by atoms with Crippen LogP contribution in [-0.2, 0) is 35.0 Å². The molecular weight excluding hydrogens is 1180 g/mol. The Labute approximate surface area is 546 Å². The number of thioether (sulfide) groups is 1. The highest BCUT2D eigenvalue weighted by atomic mass is 32.2. The molecule has 2 aliphatic carbocycles. The molecule has 2 amide bonds. The van der Waals surface area contributed by atoms with Crippen LogP contribution in [0.5, 0.6) is 34.5 Å². The quantitative estimate of drug-likeness (QED) is 0.0538. The second-order valence-corrected chi connectivity index (χ2v) is 27.3. The van der Waals surface area contributed by atoms with E-state index in [4.69, 9.17) is 59.3 Å². The first-order valence-electron chi connectivity index (χ1n) is 32.2. The molecule has 4 aliphatic rings. The van der Waals surface area contributed by atoms with Gasteiger partial charge in [0.1, 0.15) is 70.5 Å². The number of aliphatic hydroxyl groups is 1. The van der Waals surface area contributed by atoms with Crippen molar-refractivity contribution < 1.29 is 52.6 Å². The van der Waals surface area contributed by atoms with Gasteiger partial charge in [-0.3, -0.25) is 0 Å². The predicted molar refractivity (Wildman–Crippen MR) is 361 cm³/mol. The number of pyridine rings is 2. The number of nitrogens with zero attached hydrogens (tertiary/aromatic N) is 4. The summed E-state index contributed by atoms with van der Waals surface area (Å²) in [5, 5.41) is 10.3. The van der Waals surface area contributed by atoms with Crippen molar-refractivity contribution in [3.63, 3.8) is 0 Å². The Kier molecular flexibility index (Phi) is 22.0. The van der Waals surface area contributed by atoms with Crippen LogP contribution in [0.2, 0.25) is 0 Å². The van der Waals surface area contributed by atoms with Crippen molar-refractivity contribution in [3.05, 3.63) is 161 Å². The molecule has 4 heterocycles. The Hall–Kier alpha value is -8.35. The average molecular weight is 1270 g/mol. The third-order valence-electron chi connectivity index (χ3n) is 16.6. The standard InChI is InChI=1S/C40H47N3O5S.C34H43N3O6/c1-40(2,3)48-39(44)43-21-9-10-29(23-43)32-22-34(42-38(41)33(32)26-49-31-11-6-5-7-12-31)37-35(46-24-27-15-16-27)13-8-14-36(37)47-25-28-17-19-30(45-4)20-18-28;1-34(2,3)43-33(39)37-16-6-7-24(18-37)26-17-28(36-32(35)27(26)19-38)31-29(41-20-22-10-11-22)8-5-9-30(31)42-21-23-12-14-25(40-4)15-13-23/h5-8,11-14,17-20,22,27,29H,9-10,15-16,21,23-26H2,1-4H3,(H2,41,42);5,8-9,12-15,17,22,24,38H,6-7,10-11,16,18-21H2,1-4H3,(H2,35,36). The molecule has 11 rings (SSSR count). The second kappa shape index (κ2) is 30.4. The molecule has 2 saturated carbocycles. The largest absolute Gasteiger partial charge is 0.497 e. The lowest BCUT2D eigenvalue weighted by Gasteiger charge is -2.35. The average Bonchev–Trinajstić information content (AvgIpc) is 0.802. The summed E-state index contributed by atoms with van der Waals surface area (Å²) >= 11 is 1.73. The third kappa shape index (κ3) is 18.2. The predicted octanol–water partition coefficient (Wildman–Crippen LogP) is 15.4. The van der Waals surface area contributed by atoms with E-state index < -0.39 is 11.2 Å². The second-order valence-electron chi connectivity index (χ2n) is 26.3. The maximum Gasteiger partial charge on any atom is 0.410 e. The highest BCUT2D eigenvalue weighted by Gasteiger charge is 2.34. The minimum atomic E-state index is -0.582. The lowest BCUT2D eigenvalue weighted by molar-refractivity contribution is 0.0188. The van der Waals surface area contributed by atoms with E-state index in [2.05, 4.69) is 18.2 Å². The van der Waals surface area contributed by atoms with Gasteiger partial charge in [-0.05, 0) is 200 Å². The van der Waals surface area contributed by atoms with Crippen molar-refractivity contribution in [1.82, 2.24) is 19.8 Å². The van der Waals surface area contributed by atoms with E-state index in [1.165, 1.54) is 25.7 Å². The number of ether oxygens (including phenoxy) is 8. The van der Waals surface area contributed by atoms with Crippen molar-refractivity contribution in [2.24, 2.45) is 11.8 Å². The van der Waals surface area contributed by atoms with E-state index in [1.54, 1.807) is 30.9 Å². The lowest BCUT2D eigenvalue weighted by Crippen LogP contribution is -2.42. The molecule has 2 unspecified atom stereocenters. The van der Waals surface area contributed by atoms with Gasteiger partial charge < -0.3 is 64.3 Å². The molecule has 17 nitrogen and oxygen atoms in total. The van der Waals surface area contributed by atoms with Gasteiger partial charge >= 0.3 is 12.2 Å². The van der Waals surface area contributed by atoms with Crippen LogP contribution in [0.25, 0.3) is 22.5 Å². The SMILES string of the molecule is COc1ccc(COc2cccc(OCC3CC3)c2-c2cc(C3CCCN(C(=O)OC(C)(C)C)C3)c(CO)c(N)n2)cc1.COc1ccc(COc2cccc(OCC3CC3)c2-c2cc(C3CCCN(C(=O)OC(C)(C)C)C3)c(CSc3ccccc3)c(N)n2)cc1. The van der Waals surface area contributed by atoms with E-state index in [0.717, 1.165) is 81.2 Å². The Balaban J connectivity index is 0.000000203. The zero-order valence-corrected chi connectivity index (χ0v) is 55.4. The highest BCUT2D eigenvalue weighted by Crippen LogP contribution is 2.46.